The summed E-state index contributed by atoms with van der Waals surface area (Å²) in [5, 5.41) is 7.45. The van der Waals surface area contributed by atoms with Crippen LogP contribution in [-0.2, 0) is 13.6 Å². The van der Waals surface area contributed by atoms with Crippen LogP contribution in [0.1, 0.15) is 26.4 Å². The Morgan fingerprint density at radius 1 is 1.00 bits per heavy atom. The van der Waals surface area contributed by atoms with Gasteiger partial charge in [-0.2, -0.15) is 5.10 Å². The van der Waals surface area contributed by atoms with Crippen molar-refractivity contribution in [2.75, 3.05) is 31.5 Å². The second-order valence-corrected chi connectivity index (χ2v) is 7.93. The average Bonchev–Trinajstić information content (AvgIpc) is 3.15. The summed E-state index contributed by atoms with van der Waals surface area (Å²) in [6.45, 7) is 3.78. The standard InChI is InChI=1S/C23H24ClN5O2/c1-27-21(25-22(30)18-9-5-6-10-19(18)24)15-20(26-27)23(31)29-13-11-28(12-14-29)16-17-7-3-2-4-8-17/h2-10,15H,11-14,16H2,1H3,(H,25,30). The lowest BCUT2D eigenvalue weighted by Gasteiger charge is -2.34. The quantitative estimate of drug-likeness (QED) is 0.665. The fourth-order valence-corrected chi connectivity index (χ4v) is 3.85. The number of carbonyl (C=O) groups is 2. The number of piperazine rings is 1. The predicted octanol–water partition coefficient (Wildman–Crippen LogP) is 3.28. The van der Waals surface area contributed by atoms with E-state index in [1.165, 1.54) is 10.2 Å². The van der Waals surface area contributed by atoms with Crippen molar-refractivity contribution in [3.05, 3.63) is 82.5 Å². The third-order valence-electron chi connectivity index (χ3n) is 5.37. The van der Waals surface area contributed by atoms with Gasteiger partial charge in [0.25, 0.3) is 11.8 Å². The number of hydrogen-bond donors (Lipinski definition) is 1. The highest BCUT2D eigenvalue weighted by molar-refractivity contribution is 6.34. The van der Waals surface area contributed by atoms with E-state index in [1.54, 1.807) is 37.4 Å². The Bertz CT molecular complexity index is 1070. The van der Waals surface area contributed by atoms with E-state index in [4.69, 9.17) is 11.6 Å². The van der Waals surface area contributed by atoms with Crippen molar-refractivity contribution in [1.29, 1.82) is 0 Å². The molecule has 0 atom stereocenters. The van der Waals surface area contributed by atoms with E-state index in [0.717, 1.165) is 19.6 Å². The summed E-state index contributed by atoms with van der Waals surface area (Å²) in [5.41, 5.74) is 1.95. The molecule has 31 heavy (non-hydrogen) atoms. The van der Waals surface area contributed by atoms with Crippen LogP contribution in [0.25, 0.3) is 0 Å². The van der Waals surface area contributed by atoms with E-state index in [1.807, 2.05) is 23.1 Å². The molecule has 0 aliphatic carbocycles. The summed E-state index contributed by atoms with van der Waals surface area (Å²) in [4.78, 5) is 29.6. The van der Waals surface area contributed by atoms with E-state index in [2.05, 4.69) is 27.4 Å². The van der Waals surface area contributed by atoms with Gasteiger partial charge in [-0.15, -0.1) is 0 Å². The van der Waals surface area contributed by atoms with Gasteiger partial charge in [0.2, 0.25) is 0 Å². The van der Waals surface area contributed by atoms with Crippen LogP contribution >= 0.6 is 11.6 Å². The van der Waals surface area contributed by atoms with Crippen molar-refractivity contribution in [2.45, 2.75) is 6.54 Å². The number of anilines is 1. The maximum atomic E-state index is 12.9. The summed E-state index contributed by atoms with van der Waals surface area (Å²) in [5.74, 6) is -0.0358. The van der Waals surface area contributed by atoms with Gasteiger partial charge in [-0.1, -0.05) is 54.1 Å². The predicted molar refractivity (Wildman–Crippen MR) is 120 cm³/mol. The Labute approximate surface area is 186 Å². The fraction of sp³-hybridized carbons (Fsp3) is 0.261. The lowest BCUT2D eigenvalue weighted by atomic mass is 10.2. The molecule has 1 N–H and O–H groups in total. The van der Waals surface area contributed by atoms with E-state index < -0.39 is 0 Å². The third kappa shape index (κ3) is 4.95. The summed E-state index contributed by atoms with van der Waals surface area (Å²) in [6, 6.07) is 18.7. The minimum absolute atomic E-state index is 0.131. The number of nitrogens with zero attached hydrogens (tertiary/aromatic N) is 4. The third-order valence-corrected chi connectivity index (χ3v) is 5.70. The molecule has 0 spiro atoms. The molecule has 1 aromatic heterocycles. The first-order chi connectivity index (χ1) is 15.0. The van der Waals surface area contributed by atoms with Crippen molar-refractivity contribution in [1.82, 2.24) is 19.6 Å². The second-order valence-electron chi connectivity index (χ2n) is 7.53. The van der Waals surface area contributed by atoms with Gasteiger partial charge < -0.3 is 10.2 Å². The largest absolute Gasteiger partial charge is 0.335 e. The Hall–Kier alpha value is -3.16. The highest BCUT2D eigenvalue weighted by Crippen LogP contribution is 2.19. The van der Waals surface area contributed by atoms with Crippen LogP contribution < -0.4 is 5.32 Å². The molecule has 2 aromatic carbocycles. The summed E-state index contributed by atoms with van der Waals surface area (Å²) < 4.78 is 1.49. The van der Waals surface area contributed by atoms with Crippen LogP contribution in [0.15, 0.2) is 60.7 Å². The van der Waals surface area contributed by atoms with Gasteiger partial charge in [-0.05, 0) is 17.7 Å². The van der Waals surface area contributed by atoms with Gasteiger partial charge in [0, 0.05) is 45.8 Å². The maximum absolute atomic E-state index is 12.9. The lowest BCUT2D eigenvalue weighted by molar-refractivity contribution is 0.0622. The highest BCUT2D eigenvalue weighted by Gasteiger charge is 2.25. The molecule has 2 amide bonds. The lowest BCUT2D eigenvalue weighted by Crippen LogP contribution is -2.48. The Morgan fingerprint density at radius 2 is 1.68 bits per heavy atom. The molecular formula is C23H24ClN5O2. The minimum Gasteiger partial charge on any atom is -0.335 e. The smallest absolute Gasteiger partial charge is 0.274 e. The first-order valence-electron chi connectivity index (χ1n) is 10.2. The number of aromatic nitrogens is 2. The molecule has 160 valence electrons. The number of aryl methyl sites for hydroxylation is 1. The molecule has 3 aromatic rings. The zero-order valence-electron chi connectivity index (χ0n) is 17.3. The minimum atomic E-state index is -0.345. The van der Waals surface area contributed by atoms with E-state index >= 15 is 0 Å². The van der Waals surface area contributed by atoms with E-state index in [0.29, 0.717) is 35.2 Å². The zero-order chi connectivity index (χ0) is 21.8. The van der Waals surface area contributed by atoms with Gasteiger partial charge >= 0.3 is 0 Å². The van der Waals surface area contributed by atoms with Crippen LogP contribution in [0.2, 0.25) is 5.02 Å². The molecule has 2 heterocycles. The van der Waals surface area contributed by atoms with Crippen molar-refractivity contribution in [3.8, 4) is 0 Å². The molecule has 0 bridgehead atoms. The number of rotatable bonds is 5. The zero-order valence-corrected chi connectivity index (χ0v) is 18.0. The first-order valence-corrected chi connectivity index (χ1v) is 10.5. The first kappa shape index (κ1) is 21.1. The van der Waals surface area contributed by atoms with Crippen molar-refractivity contribution in [3.63, 3.8) is 0 Å². The number of carbonyl (C=O) groups excluding carboxylic acids is 2. The molecule has 0 radical (unpaired) electrons. The molecule has 0 saturated carbocycles. The summed E-state index contributed by atoms with van der Waals surface area (Å²) in [6.07, 6.45) is 0. The normalized spacial score (nSPS) is 14.5. The molecule has 4 rings (SSSR count). The van der Waals surface area contributed by atoms with Crippen LogP contribution in [-0.4, -0.2) is 57.6 Å². The van der Waals surface area contributed by atoms with E-state index in [9.17, 15) is 9.59 Å². The van der Waals surface area contributed by atoms with Crippen molar-refractivity contribution >= 4 is 29.2 Å². The maximum Gasteiger partial charge on any atom is 0.274 e. The van der Waals surface area contributed by atoms with Gasteiger partial charge in [-0.25, -0.2) is 0 Å². The molecule has 1 saturated heterocycles. The van der Waals surface area contributed by atoms with E-state index in [-0.39, 0.29) is 11.8 Å². The van der Waals surface area contributed by atoms with Gasteiger partial charge in [-0.3, -0.25) is 19.2 Å². The molecule has 1 aliphatic heterocycles. The number of amides is 2. The van der Waals surface area contributed by atoms with Crippen molar-refractivity contribution < 1.29 is 9.59 Å². The number of halogens is 1. The van der Waals surface area contributed by atoms with Gasteiger partial charge in [0.15, 0.2) is 5.69 Å². The van der Waals surface area contributed by atoms with Crippen LogP contribution in [0.3, 0.4) is 0 Å². The average molecular weight is 438 g/mol. The Balaban J connectivity index is 1.36. The fourth-order valence-electron chi connectivity index (χ4n) is 3.63. The number of hydrogen-bond acceptors (Lipinski definition) is 4. The number of benzene rings is 2. The molecule has 7 nitrogen and oxygen atoms in total. The van der Waals surface area contributed by atoms with Crippen LogP contribution in [0, 0.1) is 0 Å². The molecule has 8 heteroatoms. The molecule has 1 aliphatic rings. The Kier molecular flexibility index (Phi) is 6.34. The van der Waals surface area contributed by atoms with Crippen LogP contribution in [0.5, 0.6) is 0 Å². The summed E-state index contributed by atoms with van der Waals surface area (Å²) >= 11 is 6.10. The molecule has 0 unspecified atom stereocenters. The monoisotopic (exact) mass is 437 g/mol. The van der Waals surface area contributed by atoms with Crippen molar-refractivity contribution in [2.24, 2.45) is 7.05 Å². The molecule has 1 fully saturated rings. The van der Waals surface area contributed by atoms with Gasteiger partial charge in [0.1, 0.15) is 5.82 Å². The van der Waals surface area contributed by atoms with Crippen LogP contribution in [0.4, 0.5) is 5.82 Å². The SMILES string of the molecule is Cn1nc(C(=O)N2CCN(Cc3ccccc3)CC2)cc1NC(=O)c1ccccc1Cl. The topological polar surface area (TPSA) is 70.5 Å². The second kappa shape index (κ2) is 9.32. The Morgan fingerprint density at radius 3 is 2.39 bits per heavy atom. The van der Waals surface area contributed by atoms with Gasteiger partial charge in [0.05, 0.1) is 10.6 Å². The number of nitrogens with one attached hydrogen (secondary N) is 1. The highest BCUT2D eigenvalue weighted by atomic mass is 35.5. The summed E-state index contributed by atoms with van der Waals surface area (Å²) in [7, 11) is 1.69. The molecular weight excluding hydrogens is 414 g/mol.